The monoisotopic (exact) mass is 304 g/mol. The second-order valence-electron chi connectivity index (χ2n) is 4.77. The summed E-state index contributed by atoms with van der Waals surface area (Å²) in [6.07, 6.45) is -4.95. The Morgan fingerprint density at radius 3 is 2.86 bits per heavy atom. The lowest BCUT2D eigenvalue weighted by molar-refractivity contribution is -0.141. The molecule has 0 radical (unpaired) electrons. The van der Waals surface area contributed by atoms with Gasteiger partial charge >= 0.3 is 12.3 Å². The Morgan fingerprint density at radius 2 is 2.19 bits per heavy atom. The van der Waals surface area contributed by atoms with Crippen molar-refractivity contribution in [3.8, 4) is 5.88 Å². The predicted octanol–water partition coefficient (Wildman–Crippen LogP) is 1.06. The van der Waals surface area contributed by atoms with E-state index in [9.17, 15) is 18.0 Å². The first-order valence-electron chi connectivity index (χ1n) is 6.18. The third kappa shape index (κ3) is 2.41. The number of halogens is 3. The molecule has 1 atom stereocenters. The highest BCUT2D eigenvalue weighted by molar-refractivity contribution is 5.66. The highest BCUT2D eigenvalue weighted by Crippen LogP contribution is 2.35. The molecule has 0 aliphatic carbocycles. The van der Waals surface area contributed by atoms with Crippen LogP contribution in [0.15, 0.2) is 6.20 Å². The van der Waals surface area contributed by atoms with E-state index in [1.54, 1.807) is 4.90 Å². The lowest BCUT2D eigenvalue weighted by Crippen LogP contribution is -2.58. The zero-order valence-electron chi connectivity index (χ0n) is 10.7. The third-order valence-electron chi connectivity index (χ3n) is 3.45. The lowest BCUT2D eigenvalue weighted by Gasteiger charge is -2.43. The van der Waals surface area contributed by atoms with E-state index in [0.717, 1.165) is 0 Å². The molecule has 1 saturated heterocycles. The Kier molecular flexibility index (Phi) is 3.03. The average molecular weight is 304 g/mol. The van der Waals surface area contributed by atoms with Crippen molar-refractivity contribution in [1.29, 1.82) is 0 Å². The number of ether oxygens (including phenoxy) is 1. The highest BCUT2D eigenvalue weighted by atomic mass is 19.4. The minimum Gasteiger partial charge on any atom is -0.473 e. The average Bonchev–Trinajstić information content (AvgIpc) is 2.44. The second-order valence-corrected chi connectivity index (χ2v) is 4.77. The Morgan fingerprint density at radius 1 is 1.43 bits per heavy atom. The van der Waals surface area contributed by atoms with Crippen molar-refractivity contribution >= 4 is 11.9 Å². The maximum Gasteiger partial charge on any atom is 0.435 e. The number of piperazine rings is 1. The minimum absolute atomic E-state index is 0.0762. The van der Waals surface area contributed by atoms with Gasteiger partial charge in [-0.1, -0.05) is 0 Å². The molecule has 0 saturated carbocycles. The molecule has 114 valence electrons. The maximum absolute atomic E-state index is 12.6. The molecule has 3 heterocycles. The number of carbonyl (C=O) groups is 1. The molecule has 1 amide bonds. The van der Waals surface area contributed by atoms with Crippen molar-refractivity contribution in [1.82, 2.24) is 14.9 Å². The second kappa shape index (κ2) is 4.64. The summed E-state index contributed by atoms with van der Waals surface area (Å²) in [5, 5.41) is 8.96. The van der Waals surface area contributed by atoms with Gasteiger partial charge in [0.15, 0.2) is 11.5 Å². The molecule has 21 heavy (non-hydrogen) atoms. The number of hydrogen-bond acceptors (Lipinski definition) is 5. The predicted molar refractivity (Wildman–Crippen MR) is 63.3 cm³/mol. The number of amides is 1. The molecule has 0 bridgehead atoms. The molecule has 0 unspecified atom stereocenters. The van der Waals surface area contributed by atoms with Crippen molar-refractivity contribution in [2.75, 3.05) is 31.1 Å². The van der Waals surface area contributed by atoms with Crippen molar-refractivity contribution in [3.05, 3.63) is 11.9 Å². The quantitative estimate of drug-likeness (QED) is 0.772. The summed E-state index contributed by atoms with van der Waals surface area (Å²) in [4.78, 5) is 21.2. The zero-order valence-corrected chi connectivity index (χ0v) is 10.7. The van der Waals surface area contributed by atoms with Crippen molar-refractivity contribution in [2.24, 2.45) is 0 Å². The number of carboxylic acid groups (broad SMARTS) is 1. The molecule has 3 rings (SSSR count). The van der Waals surface area contributed by atoms with Gasteiger partial charge in [-0.05, 0) is 0 Å². The fourth-order valence-corrected chi connectivity index (χ4v) is 2.42. The molecule has 1 aromatic heterocycles. The molecule has 0 aromatic carbocycles. The van der Waals surface area contributed by atoms with Crippen LogP contribution in [-0.2, 0) is 6.18 Å². The van der Waals surface area contributed by atoms with Gasteiger partial charge in [0.05, 0.1) is 12.2 Å². The van der Waals surface area contributed by atoms with Gasteiger partial charge in [-0.15, -0.1) is 0 Å². The number of aromatic nitrogens is 2. The smallest absolute Gasteiger partial charge is 0.435 e. The number of nitrogens with zero attached hydrogens (tertiary/aromatic N) is 4. The van der Waals surface area contributed by atoms with E-state index in [4.69, 9.17) is 9.84 Å². The molecular weight excluding hydrogens is 293 g/mol. The first-order chi connectivity index (χ1) is 9.86. The van der Waals surface area contributed by atoms with Gasteiger partial charge in [0.1, 0.15) is 6.61 Å². The van der Waals surface area contributed by atoms with Crippen LogP contribution in [0.1, 0.15) is 5.69 Å². The van der Waals surface area contributed by atoms with E-state index < -0.39 is 18.0 Å². The van der Waals surface area contributed by atoms with Gasteiger partial charge in [0, 0.05) is 19.6 Å². The van der Waals surface area contributed by atoms with E-state index in [2.05, 4.69) is 9.97 Å². The molecule has 1 N–H and O–H groups in total. The maximum atomic E-state index is 12.6. The Labute approximate surface area is 116 Å². The summed E-state index contributed by atoms with van der Waals surface area (Å²) in [5.74, 6) is 0.0640. The number of hydrogen-bond donors (Lipinski definition) is 1. The third-order valence-corrected chi connectivity index (χ3v) is 3.45. The van der Waals surface area contributed by atoms with E-state index >= 15 is 0 Å². The summed E-state index contributed by atoms with van der Waals surface area (Å²) in [6, 6.07) is -0.270. The van der Waals surface area contributed by atoms with E-state index in [0.29, 0.717) is 12.7 Å². The molecule has 2 aliphatic rings. The Hall–Kier alpha value is -2.26. The zero-order chi connectivity index (χ0) is 15.2. The van der Waals surface area contributed by atoms with Gasteiger partial charge in [-0.3, -0.25) is 0 Å². The highest BCUT2D eigenvalue weighted by Gasteiger charge is 2.39. The number of rotatable bonds is 0. The Bertz CT molecular complexity index is 580. The minimum atomic E-state index is -4.58. The first kappa shape index (κ1) is 13.7. The fourth-order valence-electron chi connectivity index (χ4n) is 2.42. The topological polar surface area (TPSA) is 78.8 Å². The standard InChI is InChI=1S/C11H11F3N4O3/c12-11(13,14)7-3-15-8-9(16-7)21-5-6-4-17(10(19)20)1-2-18(6)8/h3,6H,1-2,4-5H2,(H,19,20)/t6-/m0/s1. The summed E-state index contributed by atoms with van der Waals surface area (Å²) in [6.45, 7) is 0.894. The molecule has 2 aliphatic heterocycles. The van der Waals surface area contributed by atoms with Crippen LogP contribution in [0.2, 0.25) is 0 Å². The van der Waals surface area contributed by atoms with Crippen LogP contribution in [0.4, 0.5) is 23.8 Å². The van der Waals surface area contributed by atoms with Gasteiger partial charge in [-0.25, -0.2) is 14.8 Å². The van der Waals surface area contributed by atoms with Gasteiger partial charge in [0.25, 0.3) is 5.88 Å². The molecule has 7 nitrogen and oxygen atoms in total. The van der Waals surface area contributed by atoms with Crippen LogP contribution >= 0.6 is 0 Å². The molecule has 1 fully saturated rings. The molecule has 10 heteroatoms. The van der Waals surface area contributed by atoms with Gasteiger partial charge < -0.3 is 19.6 Å². The van der Waals surface area contributed by atoms with Gasteiger partial charge in [0.2, 0.25) is 0 Å². The Balaban J connectivity index is 1.86. The van der Waals surface area contributed by atoms with Crippen LogP contribution in [0.25, 0.3) is 0 Å². The SMILES string of the molecule is O=C(O)N1CCN2c3ncc(C(F)(F)F)nc3OC[C@@H]2C1. The van der Waals surface area contributed by atoms with Crippen molar-refractivity contribution in [3.63, 3.8) is 0 Å². The number of alkyl halides is 3. The van der Waals surface area contributed by atoms with Crippen LogP contribution < -0.4 is 9.64 Å². The summed E-state index contributed by atoms with van der Waals surface area (Å²) in [5.41, 5.74) is -1.11. The number of fused-ring (bicyclic) bond motifs is 3. The van der Waals surface area contributed by atoms with Crippen LogP contribution in [-0.4, -0.2) is 58.4 Å². The first-order valence-corrected chi connectivity index (χ1v) is 6.18. The molecular formula is C11H11F3N4O3. The lowest BCUT2D eigenvalue weighted by atomic mass is 10.1. The molecule has 0 spiro atoms. The fraction of sp³-hybridized carbons (Fsp3) is 0.545. The number of anilines is 1. The van der Waals surface area contributed by atoms with Crippen LogP contribution in [0.3, 0.4) is 0 Å². The van der Waals surface area contributed by atoms with E-state index in [1.165, 1.54) is 4.90 Å². The van der Waals surface area contributed by atoms with Crippen LogP contribution in [0.5, 0.6) is 5.88 Å². The normalized spacial score (nSPS) is 21.4. The summed E-state index contributed by atoms with van der Waals surface area (Å²) < 4.78 is 43.0. The summed E-state index contributed by atoms with van der Waals surface area (Å²) in [7, 11) is 0. The van der Waals surface area contributed by atoms with Crippen molar-refractivity contribution < 1.29 is 27.8 Å². The van der Waals surface area contributed by atoms with Crippen LogP contribution in [0, 0.1) is 0 Å². The molecule has 1 aromatic rings. The largest absolute Gasteiger partial charge is 0.473 e. The van der Waals surface area contributed by atoms with Gasteiger partial charge in [-0.2, -0.15) is 13.2 Å². The van der Waals surface area contributed by atoms with E-state index in [1.807, 2.05) is 0 Å². The van der Waals surface area contributed by atoms with E-state index in [-0.39, 0.29) is 37.4 Å². The van der Waals surface area contributed by atoms with Crippen molar-refractivity contribution in [2.45, 2.75) is 12.2 Å². The summed E-state index contributed by atoms with van der Waals surface area (Å²) >= 11 is 0.